The first-order valence-corrected chi connectivity index (χ1v) is 7.56. The highest BCUT2D eigenvalue weighted by molar-refractivity contribution is 9.11. The topological polar surface area (TPSA) is 23.5 Å². The van der Waals surface area contributed by atoms with E-state index in [0.717, 1.165) is 9.47 Å². The fourth-order valence-corrected chi connectivity index (χ4v) is 3.20. The minimum atomic E-state index is -0.692. The Kier molecular flexibility index (Phi) is 4.60. The molecule has 19 heavy (non-hydrogen) atoms. The molecule has 0 aliphatic heterocycles. The van der Waals surface area contributed by atoms with Crippen LogP contribution in [0.4, 0.5) is 10.1 Å². The fraction of sp³-hybridized carbons (Fsp3) is 0.286. The SMILES string of the molecule is C[C@@H](O)c1cc(F)ccc1N(C)Cc1csc(Br)c1. The van der Waals surface area contributed by atoms with Crippen LogP contribution in [-0.2, 0) is 6.54 Å². The summed E-state index contributed by atoms with van der Waals surface area (Å²) in [5, 5.41) is 11.8. The van der Waals surface area contributed by atoms with Crippen molar-refractivity contribution in [3.8, 4) is 0 Å². The molecule has 1 heterocycles. The van der Waals surface area contributed by atoms with Crippen molar-refractivity contribution in [1.82, 2.24) is 0 Å². The molecule has 102 valence electrons. The summed E-state index contributed by atoms with van der Waals surface area (Å²) >= 11 is 5.07. The maximum absolute atomic E-state index is 13.3. The summed E-state index contributed by atoms with van der Waals surface area (Å²) in [7, 11) is 1.94. The molecule has 0 aliphatic rings. The monoisotopic (exact) mass is 343 g/mol. The van der Waals surface area contributed by atoms with Gasteiger partial charge in [0.25, 0.3) is 0 Å². The number of nitrogens with zero attached hydrogens (tertiary/aromatic N) is 1. The maximum Gasteiger partial charge on any atom is 0.123 e. The third-order valence-electron chi connectivity index (χ3n) is 2.89. The van der Waals surface area contributed by atoms with Crippen LogP contribution in [0, 0.1) is 5.82 Å². The van der Waals surface area contributed by atoms with Crippen molar-refractivity contribution >= 4 is 33.0 Å². The lowest BCUT2D eigenvalue weighted by molar-refractivity contribution is 0.199. The highest BCUT2D eigenvalue weighted by atomic mass is 79.9. The lowest BCUT2D eigenvalue weighted by atomic mass is 10.1. The van der Waals surface area contributed by atoms with Crippen molar-refractivity contribution in [3.63, 3.8) is 0 Å². The van der Waals surface area contributed by atoms with Crippen molar-refractivity contribution in [2.75, 3.05) is 11.9 Å². The Hall–Kier alpha value is -0.910. The van der Waals surface area contributed by atoms with Gasteiger partial charge in [-0.15, -0.1) is 11.3 Å². The molecular formula is C14H15BrFNOS. The number of hydrogen-bond acceptors (Lipinski definition) is 3. The van der Waals surface area contributed by atoms with Gasteiger partial charge in [0, 0.05) is 24.8 Å². The summed E-state index contributed by atoms with van der Waals surface area (Å²) in [6.45, 7) is 2.36. The molecule has 0 fully saturated rings. The number of aliphatic hydroxyl groups excluding tert-OH is 1. The molecule has 0 spiro atoms. The molecule has 1 aromatic heterocycles. The molecule has 0 amide bonds. The standard InChI is InChI=1S/C14H15BrFNOS/c1-9(18)12-6-11(16)3-4-13(12)17(2)7-10-5-14(15)19-8-10/h3-6,8-9,18H,7H2,1-2H3/t9-/m1/s1. The molecule has 0 aliphatic carbocycles. The molecule has 1 aromatic carbocycles. The predicted octanol–water partition coefficient (Wildman–Crippen LogP) is 4.34. The van der Waals surface area contributed by atoms with E-state index in [4.69, 9.17) is 0 Å². The largest absolute Gasteiger partial charge is 0.389 e. The Balaban J connectivity index is 2.25. The van der Waals surface area contributed by atoms with E-state index in [1.165, 1.54) is 17.7 Å². The van der Waals surface area contributed by atoms with Crippen LogP contribution >= 0.6 is 27.3 Å². The van der Waals surface area contributed by atoms with E-state index in [-0.39, 0.29) is 5.82 Å². The minimum absolute atomic E-state index is 0.327. The van der Waals surface area contributed by atoms with Gasteiger partial charge >= 0.3 is 0 Å². The van der Waals surface area contributed by atoms with Crippen LogP contribution in [0.25, 0.3) is 0 Å². The Morgan fingerprint density at radius 1 is 1.42 bits per heavy atom. The van der Waals surface area contributed by atoms with E-state index in [1.54, 1.807) is 24.3 Å². The van der Waals surface area contributed by atoms with Crippen LogP contribution in [-0.4, -0.2) is 12.2 Å². The molecule has 1 atom stereocenters. The van der Waals surface area contributed by atoms with E-state index in [0.29, 0.717) is 12.1 Å². The van der Waals surface area contributed by atoms with Crippen LogP contribution in [0.5, 0.6) is 0 Å². The highest BCUT2D eigenvalue weighted by Gasteiger charge is 2.13. The number of hydrogen-bond donors (Lipinski definition) is 1. The fourth-order valence-electron chi connectivity index (χ4n) is 2.00. The molecule has 0 saturated heterocycles. The number of benzene rings is 1. The van der Waals surface area contributed by atoms with Crippen molar-refractivity contribution in [3.05, 3.63) is 50.4 Å². The van der Waals surface area contributed by atoms with Crippen molar-refractivity contribution in [2.45, 2.75) is 19.6 Å². The van der Waals surface area contributed by atoms with Gasteiger partial charge in [0.2, 0.25) is 0 Å². The van der Waals surface area contributed by atoms with Gasteiger partial charge in [-0.1, -0.05) is 0 Å². The van der Waals surface area contributed by atoms with Gasteiger partial charge in [-0.05, 0) is 58.1 Å². The molecule has 0 unspecified atom stereocenters. The summed E-state index contributed by atoms with van der Waals surface area (Å²) in [6, 6.07) is 6.58. The normalized spacial score (nSPS) is 12.5. The summed E-state index contributed by atoms with van der Waals surface area (Å²) in [6.07, 6.45) is -0.692. The number of halogens is 2. The van der Waals surface area contributed by atoms with Crippen LogP contribution in [0.15, 0.2) is 33.4 Å². The molecule has 5 heteroatoms. The molecule has 2 aromatic rings. The second-order valence-electron chi connectivity index (χ2n) is 4.49. The molecular weight excluding hydrogens is 329 g/mol. The van der Waals surface area contributed by atoms with E-state index in [2.05, 4.69) is 27.4 Å². The van der Waals surface area contributed by atoms with Crippen molar-refractivity contribution in [2.24, 2.45) is 0 Å². The first-order valence-electron chi connectivity index (χ1n) is 5.89. The maximum atomic E-state index is 13.3. The van der Waals surface area contributed by atoms with Gasteiger partial charge < -0.3 is 10.0 Å². The first-order chi connectivity index (χ1) is 8.97. The van der Waals surface area contributed by atoms with Gasteiger partial charge in [0.15, 0.2) is 0 Å². The number of thiophene rings is 1. The Morgan fingerprint density at radius 3 is 2.74 bits per heavy atom. The van der Waals surface area contributed by atoms with Crippen molar-refractivity contribution < 1.29 is 9.50 Å². The molecule has 1 N–H and O–H groups in total. The average molecular weight is 344 g/mol. The minimum Gasteiger partial charge on any atom is -0.389 e. The van der Waals surface area contributed by atoms with E-state index >= 15 is 0 Å². The van der Waals surface area contributed by atoms with Crippen LogP contribution < -0.4 is 4.90 Å². The predicted molar refractivity (Wildman–Crippen MR) is 81.2 cm³/mol. The molecule has 0 radical (unpaired) electrons. The summed E-state index contributed by atoms with van der Waals surface area (Å²) < 4.78 is 14.4. The van der Waals surface area contributed by atoms with Crippen LogP contribution in [0.1, 0.15) is 24.2 Å². The summed E-state index contributed by atoms with van der Waals surface area (Å²) in [5.41, 5.74) is 2.63. The average Bonchev–Trinajstić information content (AvgIpc) is 2.74. The smallest absolute Gasteiger partial charge is 0.123 e. The molecule has 2 nitrogen and oxygen atoms in total. The summed E-state index contributed by atoms with van der Waals surface area (Å²) in [4.78, 5) is 2.01. The van der Waals surface area contributed by atoms with E-state index < -0.39 is 6.10 Å². The quantitative estimate of drug-likeness (QED) is 0.892. The number of anilines is 1. The molecule has 2 rings (SSSR count). The third-order valence-corrected chi connectivity index (χ3v) is 4.45. The number of aliphatic hydroxyl groups is 1. The second-order valence-corrected chi connectivity index (χ2v) is 6.78. The lowest BCUT2D eigenvalue weighted by Crippen LogP contribution is -2.18. The Bertz CT molecular complexity index is 570. The zero-order valence-corrected chi connectivity index (χ0v) is 13.1. The number of rotatable bonds is 4. The summed E-state index contributed by atoms with van der Waals surface area (Å²) in [5.74, 6) is -0.327. The van der Waals surface area contributed by atoms with E-state index in [9.17, 15) is 9.50 Å². The first kappa shape index (κ1) is 14.5. The molecule has 0 bridgehead atoms. The second kappa shape index (κ2) is 6.03. The van der Waals surface area contributed by atoms with Crippen LogP contribution in [0.2, 0.25) is 0 Å². The third kappa shape index (κ3) is 3.55. The zero-order chi connectivity index (χ0) is 14.0. The van der Waals surface area contributed by atoms with Gasteiger partial charge in [0.1, 0.15) is 5.82 Å². The van der Waals surface area contributed by atoms with Crippen molar-refractivity contribution in [1.29, 1.82) is 0 Å². The van der Waals surface area contributed by atoms with Gasteiger partial charge in [-0.25, -0.2) is 4.39 Å². The lowest BCUT2D eigenvalue weighted by Gasteiger charge is -2.23. The van der Waals surface area contributed by atoms with Gasteiger partial charge in [0.05, 0.1) is 9.89 Å². The Morgan fingerprint density at radius 2 is 2.16 bits per heavy atom. The van der Waals surface area contributed by atoms with Gasteiger partial charge in [-0.2, -0.15) is 0 Å². The highest BCUT2D eigenvalue weighted by Crippen LogP contribution is 2.29. The van der Waals surface area contributed by atoms with E-state index in [1.807, 2.05) is 11.9 Å². The van der Waals surface area contributed by atoms with Gasteiger partial charge in [-0.3, -0.25) is 0 Å². The van der Waals surface area contributed by atoms with Crippen LogP contribution in [0.3, 0.4) is 0 Å². The Labute approximate surface area is 124 Å². The molecule has 0 saturated carbocycles. The zero-order valence-electron chi connectivity index (χ0n) is 10.7.